The molecule has 0 unspecified atom stereocenters. The highest BCUT2D eigenvalue weighted by Crippen LogP contribution is 2.41. The summed E-state index contributed by atoms with van der Waals surface area (Å²) in [5.41, 5.74) is -1.42. The van der Waals surface area contributed by atoms with Gasteiger partial charge < -0.3 is 5.32 Å². The number of hydrogen-bond acceptors (Lipinski definition) is 2. The molecule has 0 aromatic heterocycles. The van der Waals surface area contributed by atoms with E-state index in [2.05, 4.69) is 5.32 Å². The lowest BCUT2D eigenvalue weighted by Gasteiger charge is -2.36. The minimum Gasteiger partial charge on any atom is -0.314 e. The molecule has 0 spiro atoms. The Morgan fingerprint density at radius 2 is 1.54 bits per heavy atom. The first-order chi connectivity index (χ1) is 10.1. The van der Waals surface area contributed by atoms with Crippen molar-refractivity contribution in [3.63, 3.8) is 0 Å². The molecule has 1 atom stereocenters. The Kier molecular flexibility index (Phi) is 8.65. The number of piperazine rings is 1. The number of benzene rings is 1. The average molecular weight is 420 g/mol. The van der Waals surface area contributed by atoms with Gasteiger partial charge in [-0.15, -0.1) is 24.8 Å². The average Bonchev–Trinajstić information content (AvgIpc) is 2.37. The molecule has 1 aromatic carbocycles. The summed E-state index contributed by atoms with van der Waals surface area (Å²) in [5.74, 6) is 0. The summed E-state index contributed by atoms with van der Waals surface area (Å²) in [6.45, 7) is 1.09. The van der Waals surface area contributed by atoms with Gasteiger partial charge in [0.15, 0.2) is 0 Å². The number of alkyl halides is 6. The maximum Gasteiger partial charge on any atom is 0.417 e. The Hall–Kier alpha value is -0.410. The van der Waals surface area contributed by atoms with E-state index >= 15 is 0 Å². The van der Waals surface area contributed by atoms with E-state index in [1.807, 2.05) is 0 Å². The van der Waals surface area contributed by atoms with E-state index in [0.29, 0.717) is 19.2 Å². The molecule has 0 bridgehead atoms. The van der Waals surface area contributed by atoms with Crippen LogP contribution in [0.25, 0.3) is 0 Å². The second kappa shape index (κ2) is 8.80. The summed E-state index contributed by atoms with van der Waals surface area (Å²) in [7, 11) is 0. The highest BCUT2D eigenvalue weighted by molar-refractivity contribution is 6.31. The predicted octanol–water partition coefficient (Wildman–Crippen LogP) is 4.71. The summed E-state index contributed by atoms with van der Waals surface area (Å²) in [4.78, 5) is 1.19. The Morgan fingerprint density at radius 1 is 1.00 bits per heavy atom. The quantitative estimate of drug-likeness (QED) is 0.699. The first-order valence-corrected chi connectivity index (χ1v) is 6.86. The van der Waals surface area contributed by atoms with Crippen LogP contribution in [-0.4, -0.2) is 37.3 Å². The van der Waals surface area contributed by atoms with Crippen LogP contribution in [0.2, 0.25) is 5.02 Å². The molecule has 11 heteroatoms. The minimum atomic E-state index is -4.70. The van der Waals surface area contributed by atoms with E-state index in [9.17, 15) is 26.3 Å². The van der Waals surface area contributed by atoms with Crippen molar-refractivity contribution in [3.8, 4) is 0 Å². The smallest absolute Gasteiger partial charge is 0.314 e. The third-order valence-corrected chi connectivity index (χ3v) is 3.75. The van der Waals surface area contributed by atoms with Crippen molar-refractivity contribution in [2.45, 2.75) is 18.4 Å². The van der Waals surface area contributed by atoms with Gasteiger partial charge in [0.25, 0.3) is 0 Å². The van der Waals surface area contributed by atoms with Gasteiger partial charge in [0.1, 0.15) is 6.04 Å². The van der Waals surface area contributed by atoms with Gasteiger partial charge in [0.2, 0.25) is 0 Å². The van der Waals surface area contributed by atoms with Gasteiger partial charge in [-0.25, -0.2) is 0 Å². The van der Waals surface area contributed by atoms with Crippen molar-refractivity contribution in [2.75, 3.05) is 26.2 Å². The van der Waals surface area contributed by atoms with Crippen LogP contribution < -0.4 is 5.32 Å². The molecular weight excluding hydrogens is 405 g/mol. The van der Waals surface area contributed by atoms with Crippen molar-refractivity contribution in [1.29, 1.82) is 0 Å². The third kappa shape index (κ3) is 5.56. The van der Waals surface area contributed by atoms with Crippen molar-refractivity contribution in [1.82, 2.24) is 10.2 Å². The normalized spacial score (nSPS) is 17.6. The lowest BCUT2D eigenvalue weighted by molar-refractivity contribution is -0.187. The van der Waals surface area contributed by atoms with E-state index in [-0.39, 0.29) is 43.5 Å². The Balaban J connectivity index is 0.00000264. The van der Waals surface area contributed by atoms with Crippen LogP contribution in [0.15, 0.2) is 18.2 Å². The van der Waals surface area contributed by atoms with E-state index in [1.54, 1.807) is 0 Å². The fraction of sp³-hybridized carbons (Fsp3) is 0.538. The third-order valence-electron chi connectivity index (χ3n) is 3.44. The molecule has 2 nitrogen and oxygen atoms in total. The zero-order valence-electron chi connectivity index (χ0n) is 12.0. The van der Waals surface area contributed by atoms with Crippen LogP contribution in [0, 0.1) is 0 Å². The van der Waals surface area contributed by atoms with Crippen LogP contribution >= 0.6 is 36.4 Å². The highest BCUT2D eigenvalue weighted by atomic mass is 35.5. The molecule has 2 rings (SSSR count). The summed E-state index contributed by atoms with van der Waals surface area (Å²) in [6.07, 6.45) is -9.29. The standard InChI is InChI=1S/C13H13ClF6N2.2ClH/c14-10-7-8(1-2-9(10)12(15,16)17)11(13(18,19)20)22-5-3-21-4-6-22;;/h1-2,7,11,21H,3-6H2;2*1H/t11-;;/m0../s1. The molecule has 1 N–H and O–H groups in total. The minimum absolute atomic E-state index is 0. The van der Waals surface area contributed by atoms with E-state index < -0.39 is 29.0 Å². The molecule has 1 saturated heterocycles. The molecule has 0 radical (unpaired) electrons. The van der Waals surface area contributed by atoms with Crippen molar-refractivity contribution in [2.24, 2.45) is 0 Å². The van der Waals surface area contributed by atoms with Gasteiger partial charge in [-0.2, -0.15) is 26.3 Å². The van der Waals surface area contributed by atoms with Gasteiger partial charge in [0.05, 0.1) is 10.6 Å². The maximum absolute atomic E-state index is 13.3. The second-order valence-electron chi connectivity index (χ2n) is 4.97. The van der Waals surface area contributed by atoms with Gasteiger partial charge in [-0.3, -0.25) is 4.90 Å². The van der Waals surface area contributed by atoms with Crippen molar-refractivity contribution < 1.29 is 26.3 Å². The molecular formula is C13H15Cl3F6N2. The zero-order valence-corrected chi connectivity index (χ0v) is 14.4. The number of nitrogens with one attached hydrogen (secondary N) is 1. The van der Waals surface area contributed by atoms with Crippen molar-refractivity contribution in [3.05, 3.63) is 34.3 Å². The van der Waals surface area contributed by atoms with Gasteiger partial charge >= 0.3 is 12.4 Å². The summed E-state index contributed by atoms with van der Waals surface area (Å²) < 4.78 is 77.9. The van der Waals surface area contributed by atoms with Crippen LogP contribution in [-0.2, 0) is 6.18 Å². The fourth-order valence-corrected chi connectivity index (χ4v) is 2.77. The predicted molar refractivity (Wildman–Crippen MR) is 84.2 cm³/mol. The number of hydrogen-bond donors (Lipinski definition) is 1. The molecule has 0 saturated carbocycles. The first kappa shape index (κ1) is 23.6. The number of rotatable bonds is 2. The van der Waals surface area contributed by atoms with Gasteiger partial charge in [0, 0.05) is 26.2 Å². The molecule has 1 aromatic rings. The van der Waals surface area contributed by atoms with E-state index in [4.69, 9.17) is 11.6 Å². The van der Waals surface area contributed by atoms with Crippen molar-refractivity contribution >= 4 is 36.4 Å². The van der Waals surface area contributed by atoms with Crippen LogP contribution in [0.5, 0.6) is 0 Å². The Morgan fingerprint density at radius 3 is 1.96 bits per heavy atom. The summed E-state index contributed by atoms with van der Waals surface area (Å²) in [5, 5.41) is 2.20. The molecule has 1 fully saturated rings. The molecule has 24 heavy (non-hydrogen) atoms. The van der Waals surface area contributed by atoms with Crippen LogP contribution in [0.1, 0.15) is 17.2 Å². The second-order valence-corrected chi connectivity index (χ2v) is 5.37. The Bertz CT molecular complexity index is 529. The lowest BCUT2D eigenvalue weighted by atomic mass is 10.0. The van der Waals surface area contributed by atoms with Crippen LogP contribution in [0.3, 0.4) is 0 Å². The molecule has 0 aliphatic carbocycles. The van der Waals surface area contributed by atoms with E-state index in [0.717, 1.165) is 12.1 Å². The molecule has 1 heterocycles. The highest BCUT2D eigenvalue weighted by Gasteiger charge is 2.45. The summed E-state index contributed by atoms with van der Waals surface area (Å²) in [6, 6.07) is 0.229. The first-order valence-electron chi connectivity index (χ1n) is 6.49. The zero-order chi connectivity index (χ0) is 16.5. The topological polar surface area (TPSA) is 15.3 Å². The molecule has 1 aliphatic heterocycles. The molecule has 0 amide bonds. The molecule has 1 aliphatic rings. The number of halogens is 9. The van der Waals surface area contributed by atoms with Crippen LogP contribution in [0.4, 0.5) is 26.3 Å². The van der Waals surface area contributed by atoms with E-state index in [1.165, 1.54) is 4.90 Å². The number of nitrogens with zero attached hydrogens (tertiary/aromatic N) is 1. The lowest BCUT2D eigenvalue weighted by Crippen LogP contribution is -2.49. The molecule has 140 valence electrons. The van der Waals surface area contributed by atoms with Gasteiger partial charge in [-0.05, 0) is 17.7 Å². The largest absolute Gasteiger partial charge is 0.417 e. The SMILES string of the molecule is Cl.Cl.FC(F)(F)c1ccc([C@H](N2CCNCC2)C(F)(F)F)cc1Cl. The monoisotopic (exact) mass is 418 g/mol. The Labute approximate surface area is 152 Å². The summed E-state index contributed by atoms with van der Waals surface area (Å²) >= 11 is 5.53. The maximum atomic E-state index is 13.3. The van der Waals surface area contributed by atoms with Gasteiger partial charge in [-0.1, -0.05) is 17.7 Å². The fourth-order valence-electron chi connectivity index (χ4n) is 2.48.